The molecule has 0 bridgehead atoms. The molecule has 2 aliphatic rings. The highest BCUT2D eigenvalue weighted by atomic mass is 19.1. The third-order valence-electron chi connectivity index (χ3n) is 3.98. The maximum absolute atomic E-state index is 12.0. The lowest BCUT2D eigenvalue weighted by molar-refractivity contribution is 0.243. The molecule has 0 atom stereocenters. The highest BCUT2D eigenvalue weighted by Gasteiger charge is 2.25. The molecule has 0 aromatic rings. The van der Waals surface area contributed by atoms with E-state index in [0.717, 1.165) is 38.5 Å². The van der Waals surface area contributed by atoms with Crippen molar-refractivity contribution in [1.82, 2.24) is 0 Å². The van der Waals surface area contributed by atoms with Crippen LogP contribution in [0.25, 0.3) is 0 Å². The summed E-state index contributed by atoms with van der Waals surface area (Å²) in [5.74, 6) is 1.62. The molecule has 2 fully saturated rings. The second kappa shape index (κ2) is 5.51. The molecular weight excluding hydrogens is 203 g/mol. The van der Waals surface area contributed by atoms with Crippen LogP contribution >= 0.6 is 0 Å². The van der Waals surface area contributed by atoms with Crippen molar-refractivity contribution in [2.24, 2.45) is 11.8 Å². The fourth-order valence-electron chi connectivity index (χ4n) is 2.73. The van der Waals surface area contributed by atoms with E-state index >= 15 is 0 Å². The van der Waals surface area contributed by atoms with Crippen molar-refractivity contribution in [3.63, 3.8) is 0 Å². The minimum Gasteiger partial charge on any atom is -0.512 e. The van der Waals surface area contributed by atoms with Gasteiger partial charge in [0.15, 0.2) is 0 Å². The quantitative estimate of drug-likeness (QED) is 0.559. The van der Waals surface area contributed by atoms with E-state index in [1.54, 1.807) is 6.08 Å². The molecule has 2 saturated carbocycles. The number of hydrogen-bond acceptors (Lipinski definition) is 1. The molecule has 16 heavy (non-hydrogen) atoms. The third kappa shape index (κ3) is 2.66. The largest absolute Gasteiger partial charge is 0.512 e. The summed E-state index contributed by atoms with van der Waals surface area (Å²) in [5.41, 5.74) is 1.29. The Morgan fingerprint density at radius 3 is 2.44 bits per heavy atom. The fourth-order valence-corrected chi connectivity index (χ4v) is 2.73. The lowest BCUT2D eigenvalue weighted by Crippen LogP contribution is -2.17. The molecule has 0 aromatic heterocycles. The molecule has 1 N–H and O–H groups in total. The highest BCUT2D eigenvalue weighted by Crippen LogP contribution is 2.38. The summed E-state index contributed by atoms with van der Waals surface area (Å²) in [7, 11) is 0. The van der Waals surface area contributed by atoms with Gasteiger partial charge >= 0.3 is 0 Å². The van der Waals surface area contributed by atoms with Crippen molar-refractivity contribution in [2.45, 2.75) is 44.9 Å². The summed E-state index contributed by atoms with van der Waals surface area (Å²) < 4.78 is 12.0. The lowest BCUT2D eigenvalue weighted by atomic mass is 9.78. The predicted octanol–water partition coefficient (Wildman–Crippen LogP) is 4.31. The van der Waals surface area contributed by atoms with Crippen LogP contribution in [0.5, 0.6) is 0 Å². The molecule has 0 unspecified atom stereocenters. The summed E-state index contributed by atoms with van der Waals surface area (Å²) in [6, 6.07) is 0. The summed E-state index contributed by atoms with van der Waals surface area (Å²) in [4.78, 5) is 0. The molecule has 0 radical (unpaired) electrons. The average molecular weight is 224 g/mol. The molecule has 0 spiro atoms. The first kappa shape index (κ1) is 11.7. The number of aliphatic hydroxyl groups is 1. The maximum Gasteiger partial charge on any atom is 0.108 e. The van der Waals surface area contributed by atoms with Gasteiger partial charge in [-0.25, -0.2) is 4.39 Å². The number of halogens is 1. The Balaban J connectivity index is 1.83. The van der Waals surface area contributed by atoms with Gasteiger partial charge in [0.1, 0.15) is 6.67 Å². The van der Waals surface area contributed by atoms with Crippen LogP contribution in [0.3, 0.4) is 0 Å². The van der Waals surface area contributed by atoms with Gasteiger partial charge < -0.3 is 5.11 Å². The molecule has 0 saturated heterocycles. The Bertz CT molecular complexity index is 279. The van der Waals surface area contributed by atoms with Crippen molar-refractivity contribution >= 4 is 0 Å². The summed E-state index contributed by atoms with van der Waals surface area (Å²) >= 11 is 0. The first-order valence-corrected chi connectivity index (χ1v) is 6.44. The third-order valence-corrected chi connectivity index (χ3v) is 3.98. The van der Waals surface area contributed by atoms with E-state index in [9.17, 15) is 9.50 Å². The average Bonchev–Trinajstić information content (AvgIpc) is 2.24. The summed E-state index contributed by atoms with van der Waals surface area (Å²) in [6.45, 7) is -0.352. The number of hydrogen-bond donors (Lipinski definition) is 1. The zero-order valence-electron chi connectivity index (χ0n) is 9.79. The zero-order valence-corrected chi connectivity index (χ0v) is 9.79. The van der Waals surface area contributed by atoms with Crippen molar-refractivity contribution < 1.29 is 9.50 Å². The van der Waals surface area contributed by atoms with Crippen molar-refractivity contribution in [3.8, 4) is 0 Å². The van der Waals surface area contributed by atoms with Crippen LogP contribution in [0, 0.1) is 11.8 Å². The van der Waals surface area contributed by atoms with Crippen LogP contribution in [0.1, 0.15) is 44.9 Å². The van der Waals surface area contributed by atoms with Gasteiger partial charge in [-0.15, -0.1) is 0 Å². The number of rotatable bonds is 3. The van der Waals surface area contributed by atoms with Crippen LogP contribution in [0.4, 0.5) is 4.39 Å². The van der Waals surface area contributed by atoms with Gasteiger partial charge in [0, 0.05) is 5.92 Å². The van der Waals surface area contributed by atoms with Crippen molar-refractivity contribution in [2.75, 3.05) is 6.67 Å². The molecular formula is C14H21FO. The van der Waals surface area contributed by atoms with Crippen LogP contribution < -0.4 is 0 Å². The van der Waals surface area contributed by atoms with E-state index in [0.29, 0.717) is 17.6 Å². The van der Waals surface area contributed by atoms with Crippen LogP contribution in [-0.2, 0) is 0 Å². The Kier molecular flexibility index (Phi) is 4.03. The van der Waals surface area contributed by atoms with Gasteiger partial charge in [0.05, 0.1) is 5.76 Å². The van der Waals surface area contributed by atoms with Gasteiger partial charge in [-0.05, 0) is 56.4 Å². The molecule has 2 rings (SSSR count). The van der Waals surface area contributed by atoms with E-state index in [2.05, 4.69) is 0 Å². The van der Waals surface area contributed by atoms with E-state index in [1.165, 1.54) is 12.0 Å². The van der Waals surface area contributed by atoms with Gasteiger partial charge in [-0.1, -0.05) is 12.2 Å². The molecule has 2 heteroatoms. The minimum atomic E-state index is -0.352. The summed E-state index contributed by atoms with van der Waals surface area (Å²) in [5, 5.41) is 10.1. The standard InChI is InChI=1S/C14H21FO/c15-10-2-3-11-6-8-13(9-7-11)14(16)12-4-1-5-12/h2-3,11,13,16H,1,4-10H2/b3-2+. The first-order valence-electron chi connectivity index (χ1n) is 6.44. The fraction of sp³-hybridized carbons (Fsp3) is 0.714. The van der Waals surface area contributed by atoms with Gasteiger partial charge in [-0.3, -0.25) is 0 Å². The minimum absolute atomic E-state index is 0.352. The normalized spacial score (nSPS) is 30.4. The Morgan fingerprint density at radius 2 is 1.94 bits per heavy atom. The molecule has 90 valence electrons. The van der Waals surface area contributed by atoms with Crippen LogP contribution in [0.15, 0.2) is 23.5 Å². The van der Waals surface area contributed by atoms with Gasteiger partial charge in [-0.2, -0.15) is 0 Å². The van der Waals surface area contributed by atoms with E-state index in [4.69, 9.17) is 0 Å². The first-order chi connectivity index (χ1) is 7.81. The van der Waals surface area contributed by atoms with Gasteiger partial charge in [0.2, 0.25) is 0 Å². The molecule has 0 heterocycles. The Labute approximate surface area is 97.1 Å². The Morgan fingerprint density at radius 1 is 1.25 bits per heavy atom. The molecule has 2 aliphatic carbocycles. The monoisotopic (exact) mass is 224 g/mol. The summed E-state index contributed by atoms with van der Waals surface area (Å²) in [6.07, 6.45) is 11.4. The molecule has 0 amide bonds. The second-order valence-corrected chi connectivity index (χ2v) is 5.04. The van der Waals surface area contributed by atoms with Crippen LogP contribution in [0.2, 0.25) is 0 Å². The van der Waals surface area contributed by atoms with Crippen LogP contribution in [-0.4, -0.2) is 11.8 Å². The van der Waals surface area contributed by atoms with E-state index in [1.807, 2.05) is 6.08 Å². The molecule has 1 nitrogen and oxygen atoms in total. The zero-order chi connectivity index (χ0) is 11.4. The number of allylic oxidation sites excluding steroid dienone is 4. The SMILES string of the molecule is OC(=C1CCC1)C1CCC(/C=C/CF)CC1. The predicted molar refractivity (Wildman–Crippen MR) is 64.1 cm³/mol. The van der Waals surface area contributed by atoms with Crippen molar-refractivity contribution in [3.05, 3.63) is 23.5 Å². The highest BCUT2D eigenvalue weighted by molar-refractivity contribution is 5.16. The van der Waals surface area contributed by atoms with E-state index < -0.39 is 0 Å². The second-order valence-electron chi connectivity index (χ2n) is 5.04. The topological polar surface area (TPSA) is 20.2 Å². The van der Waals surface area contributed by atoms with Gasteiger partial charge in [0.25, 0.3) is 0 Å². The number of aliphatic hydroxyl groups excluding tert-OH is 1. The molecule has 0 aromatic carbocycles. The smallest absolute Gasteiger partial charge is 0.108 e. The lowest BCUT2D eigenvalue weighted by Gasteiger charge is -2.29. The number of alkyl halides is 1. The van der Waals surface area contributed by atoms with E-state index in [-0.39, 0.29) is 6.67 Å². The van der Waals surface area contributed by atoms with Crippen molar-refractivity contribution in [1.29, 1.82) is 0 Å². The maximum atomic E-state index is 12.0. The Hall–Kier alpha value is -0.790. The molecule has 0 aliphatic heterocycles.